The lowest BCUT2D eigenvalue weighted by Gasteiger charge is -2.15. The van der Waals surface area contributed by atoms with Crippen molar-refractivity contribution in [2.24, 2.45) is 11.7 Å². The van der Waals surface area contributed by atoms with Gasteiger partial charge in [0.25, 0.3) is 0 Å². The van der Waals surface area contributed by atoms with Gasteiger partial charge in [-0.15, -0.1) is 12.4 Å². The molecule has 0 aromatic heterocycles. The Kier molecular flexibility index (Phi) is 5.25. The first kappa shape index (κ1) is 11.7. The van der Waals surface area contributed by atoms with E-state index in [9.17, 15) is 4.79 Å². The van der Waals surface area contributed by atoms with Gasteiger partial charge in [0, 0.05) is 0 Å². The number of carbonyl (C=O) groups is 1. The van der Waals surface area contributed by atoms with Crippen LogP contribution in [0.5, 0.6) is 0 Å². The van der Waals surface area contributed by atoms with E-state index in [1.54, 1.807) is 0 Å². The van der Waals surface area contributed by atoms with Gasteiger partial charge in [0.15, 0.2) is 0 Å². The number of halogens is 1. The number of nitrogens with two attached hydrogens (primary N) is 1. The zero-order valence-corrected chi connectivity index (χ0v) is 8.10. The minimum Gasteiger partial charge on any atom is -0.468 e. The fourth-order valence-electron chi connectivity index (χ4n) is 1.65. The van der Waals surface area contributed by atoms with E-state index in [-0.39, 0.29) is 24.4 Å². The maximum Gasteiger partial charge on any atom is 0.322 e. The van der Waals surface area contributed by atoms with Crippen molar-refractivity contribution in [3.63, 3.8) is 0 Å². The van der Waals surface area contributed by atoms with Gasteiger partial charge >= 0.3 is 5.97 Å². The number of hydrogen-bond donors (Lipinski definition) is 1. The lowest BCUT2D eigenvalue weighted by molar-refractivity contribution is -0.143. The van der Waals surface area contributed by atoms with Gasteiger partial charge in [-0.3, -0.25) is 4.79 Å². The summed E-state index contributed by atoms with van der Waals surface area (Å²) in [7, 11) is 1.39. The lowest BCUT2D eigenvalue weighted by Crippen LogP contribution is -2.37. The topological polar surface area (TPSA) is 52.3 Å². The first-order valence-corrected chi connectivity index (χ1v) is 4.09. The monoisotopic (exact) mass is 193 g/mol. The first-order chi connectivity index (χ1) is 5.25. The summed E-state index contributed by atoms with van der Waals surface area (Å²) in [6.45, 7) is 0. The molecule has 0 bridgehead atoms. The second-order valence-corrected chi connectivity index (χ2v) is 3.09. The van der Waals surface area contributed by atoms with Crippen LogP contribution in [-0.2, 0) is 9.53 Å². The van der Waals surface area contributed by atoms with Crippen LogP contribution in [0.1, 0.15) is 25.7 Å². The quantitative estimate of drug-likeness (QED) is 0.669. The van der Waals surface area contributed by atoms with Crippen molar-refractivity contribution >= 4 is 18.4 Å². The summed E-state index contributed by atoms with van der Waals surface area (Å²) in [5.74, 6) is 0.0966. The van der Waals surface area contributed by atoms with Crippen molar-refractivity contribution in [2.75, 3.05) is 7.11 Å². The molecule has 0 aromatic rings. The van der Waals surface area contributed by atoms with Crippen LogP contribution in [0.25, 0.3) is 0 Å². The van der Waals surface area contributed by atoms with Gasteiger partial charge in [0.05, 0.1) is 7.11 Å². The van der Waals surface area contributed by atoms with Gasteiger partial charge in [-0.1, -0.05) is 12.8 Å². The van der Waals surface area contributed by atoms with Gasteiger partial charge in [-0.2, -0.15) is 0 Å². The molecular weight excluding hydrogens is 178 g/mol. The van der Waals surface area contributed by atoms with Crippen LogP contribution in [0.15, 0.2) is 0 Å². The summed E-state index contributed by atoms with van der Waals surface area (Å²) >= 11 is 0. The Morgan fingerprint density at radius 1 is 1.50 bits per heavy atom. The van der Waals surface area contributed by atoms with Crippen molar-refractivity contribution < 1.29 is 9.53 Å². The summed E-state index contributed by atoms with van der Waals surface area (Å²) in [5, 5.41) is 0. The van der Waals surface area contributed by atoms with Crippen molar-refractivity contribution in [2.45, 2.75) is 31.7 Å². The van der Waals surface area contributed by atoms with Crippen molar-refractivity contribution in [3.8, 4) is 0 Å². The van der Waals surface area contributed by atoms with Crippen LogP contribution in [-0.4, -0.2) is 19.1 Å². The van der Waals surface area contributed by atoms with E-state index < -0.39 is 0 Å². The molecule has 0 saturated heterocycles. The van der Waals surface area contributed by atoms with E-state index in [0.29, 0.717) is 5.92 Å². The van der Waals surface area contributed by atoms with Gasteiger partial charge in [-0.05, 0) is 18.8 Å². The summed E-state index contributed by atoms with van der Waals surface area (Å²) in [6.07, 6.45) is 4.57. The van der Waals surface area contributed by atoms with Gasteiger partial charge in [0.1, 0.15) is 6.04 Å². The maximum atomic E-state index is 11.0. The summed E-state index contributed by atoms with van der Waals surface area (Å²) in [5.41, 5.74) is 5.66. The normalized spacial score (nSPS) is 19.8. The predicted molar refractivity (Wildman–Crippen MR) is 49.2 cm³/mol. The zero-order valence-electron chi connectivity index (χ0n) is 7.29. The van der Waals surface area contributed by atoms with Gasteiger partial charge in [0.2, 0.25) is 0 Å². The van der Waals surface area contributed by atoms with Gasteiger partial charge in [-0.25, -0.2) is 0 Å². The molecule has 1 rings (SSSR count). The average Bonchev–Trinajstić information content (AvgIpc) is 2.53. The number of carbonyl (C=O) groups excluding carboxylic acids is 1. The first-order valence-electron chi connectivity index (χ1n) is 4.09. The van der Waals surface area contributed by atoms with E-state index in [2.05, 4.69) is 4.74 Å². The summed E-state index contributed by atoms with van der Waals surface area (Å²) in [6, 6.07) is -0.387. The molecule has 1 fully saturated rings. The van der Waals surface area contributed by atoms with E-state index in [1.807, 2.05) is 0 Å². The van der Waals surface area contributed by atoms with E-state index in [4.69, 9.17) is 5.73 Å². The Hall–Kier alpha value is -0.280. The molecule has 0 radical (unpaired) electrons. The predicted octanol–water partition coefficient (Wildman–Crippen LogP) is 1.10. The van der Waals surface area contributed by atoms with Crippen molar-refractivity contribution in [1.82, 2.24) is 0 Å². The molecule has 1 aliphatic carbocycles. The lowest BCUT2D eigenvalue weighted by atomic mass is 9.99. The van der Waals surface area contributed by atoms with E-state index in [1.165, 1.54) is 20.0 Å². The van der Waals surface area contributed by atoms with Crippen molar-refractivity contribution in [1.29, 1.82) is 0 Å². The molecule has 0 amide bonds. The molecule has 72 valence electrons. The molecule has 0 unspecified atom stereocenters. The Balaban J connectivity index is 0.00000121. The standard InChI is InChI=1S/C8H15NO2.ClH/c1-11-8(10)7(9)6-4-2-3-5-6;/h6-7H,2-5,9H2,1H3;1H/t7-;/m1./s1. The fraction of sp³-hybridized carbons (Fsp3) is 0.875. The van der Waals surface area contributed by atoms with E-state index >= 15 is 0 Å². The fourth-order valence-corrected chi connectivity index (χ4v) is 1.65. The summed E-state index contributed by atoms with van der Waals surface area (Å²) in [4.78, 5) is 11.0. The number of ether oxygens (including phenoxy) is 1. The molecule has 1 atom stereocenters. The van der Waals surface area contributed by atoms with E-state index in [0.717, 1.165) is 12.8 Å². The number of esters is 1. The molecule has 0 heterocycles. The SMILES string of the molecule is COC(=O)[C@H](N)C1CCCC1.Cl. The Bertz CT molecular complexity index is 146. The Labute approximate surface area is 79.1 Å². The molecule has 2 N–H and O–H groups in total. The molecule has 0 spiro atoms. The molecule has 0 aliphatic heterocycles. The maximum absolute atomic E-state index is 11.0. The molecule has 3 nitrogen and oxygen atoms in total. The minimum absolute atomic E-state index is 0. The number of rotatable bonds is 2. The highest BCUT2D eigenvalue weighted by molar-refractivity contribution is 5.85. The van der Waals surface area contributed by atoms with Crippen LogP contribution in [0.2, 0.25) is 0 Å². The van der Waals surface area contributed by atoms with Crippen molar-refractivity contribution in [3.05, 3.63) is 0 Å². The third kappa shape index (κ3) is 2.64. The minimum atomic E-state index is -0.387. The highest BCUT2D eigenvalue weighted by Gasteiger charge is 2.27. The third-order valence-electron chi connectivity index (χ3n) is 2.38. The van der Waals surface area contributed by atoms with Crippen LogP contribution in [0, 0.1) is 5.92 Å². The Morgan fingerprint density at radius 2 is 2.00 bits per heavy atom. The molecule has 1 aliphatic rings. The largest absolute Gasteiger partial charge is 0.468 e. The number of hydrogen-bond acceptors (Lipinski definition) is 3. The summed E-state index contributed by atoms with van der Waals surface area (Å²) < 4.78 is 4.56. The van der Waals surface area contributed by atoms with Crippen LogP contribution in [0.4, 0.5) is 0 Å². The number of methoxy groups -OCH3 is 1. The Morgan fingerprint density at radius 3 is 2.42 bits per heavy atom. The van der Waals surface area contributed by atoms with Gasteiger partial charge < -0.3 is 10.5 Å². The second kappa shape index (κ2) is 5.38. The third-order valence-corrected chi connectivity index (χ3v) is 2.38. The molecule has 1 saturated carbocycles. The van der Waals surface area contributed by atoms with Crippen LogP contribution < -0.4 is 5.73 Å². The van der Waals surface area contributed by atoms with Crippen LogP contribution in [0.3, 0.4) is 0 Å². The molecule has 12 heavy (non-hydrogen) atoms. The highest BCUT2D eigenvalue weighted by atomic mass is 35.5. The molecule has 0 aromatic carbocycles. The second-order valence-electron chi connectivity index (χ2n) is 3.09. The molecular formula is C8H16ClNO2. The molecule has 4 heteroatoms. The van der Waals surface area contributed by atoms with Crippen LogP contribution >= 0.6 is 12.4 Å². The smallest absolute Gasteiger partial charge is 0.322 e. The highest BCUT2D eigenvalue weighted by Crippen LogP contribution is 2.27. The zero-order chi connectivity index (χ0) is 8.27. The average molecular weight is 194 g/mol.